The Kier molecular flexibility index (Phi) is 12.7. The highest BCUT2D eigenvalue weighted by Gasteiger charge is 2.16. The average Bonchev–Trinajstić information content (AvgIpc) is 2.68. The first kappa shape index (κ1) is 25.1. The van der Waals surface area contributed by atoms with Gasteiger partial charge in [0.25, 0.3) is 0 Å². The van der Waals surface area contributed by atoms with Crippen LogP contribution >= 0.6 is 24.0 Å². The first-order chi connectivity index (χ1) is 13.2. The van der Waals surface area contributed by atoms with E-state index < -0.39 is 0 Å². The van der Waals surface area contributed by atoms with Crippen molar-refractivity contribution >= 4 is 29.9 Å². The molecule has 1 aromatic rings. The Morgan fingerprint density at radius 3 is 2.36 bits per heavy atom. The standard InChI is InChI=1S/C21H37N5O.HI/c1-5-22-21(24-18(3)17-27-4)23-15-19-9-7-8-10-20(19)16-26-13-11-25(6-2)12-14-26;/h7-10,18H,5-6,11-17H2,1-4H3,(H2,22,23,24);1H. The number of hydrogen-bond donors (Lipinski definition) is 2. The Balaban J connectivity index is 0.00000392. The third-order valence-electron chi connectivity index (χ3n) is 4.98. The molecule has 0 bridgehead atoms. The lowest BCUT2D eigenvalue weighted by Gasteiger charge is -2.34. The van der Waals surface area contributed by atoms with Gasteiger partial charge in [-0.05, 0) is 31.5 Å². The van der Waals surface area contributed by atoms with Gasteiger partial charge >= 0.3 is 0 Å². The Hall–Kier alpha value is -0.900. The second-order valence-electron chi connectivity index (χ2n) is 7.18. The van der Waals surface area contributed by atoms with Crippen LogP contribution in [-0.2, 0) is 17.8 Å². The van der Waals surface area contributed by atoms with E-state index in [1.807, 2.05) is 0 Å². The highest BCUT2D eigenvalue weighted by molar-refractivity contribution is 14.0. The van der Waals surface area contributed by atoms with E-state index in [2.05, 4.69) is 65.5 Å². The van der Waals surface area contributed by atoms with Crippen LogP contribution in [0.25, 0.3) is 0 Å². The summed E-state index contributed by atoms with van der Waals surface area (Å²) in [6.07, 6.45) is 0. The molecule has 0 aromatic heterocycles. The van der Waals surface area contributed by atoms with E-state index in [-0.39, 0.29) is 30.0 Å². The van der Waals surface area contributed by atoms with Gasteiger partial charge in [0, 0.05) is 52.4 Å². The molecule has 2 rings (SSSR count). The van der Waals surface area contributed by atoms with E-state index in [1.54, 1.807) is 7.11 Å². The van der Waals surface area contributed by atoms with E-state index in [0.717, 1.165) is 38.7 Å². The van der Waals surface area contributed by atoms with Gasteiger partial charge in [-0.25, -0.2) is 4.99 Å². The summed E-state index contributed by atoms with van der Waals surface area (Å²) in [6, 6.07) is 8.90. The SMILES string of the molecule is CCNC(=NCc1ccccc1CN1CCN(CC)CC1)NC(C)COC.I. The summed E-state index contributed by atoms with van der Waals surface area (Å²) >= 11 is 0. The van der Waals surface area contributed by atoms with Gasteiger partial charge in [-0.1, -0.05) is 31.2 Å². The van der Waals surface area contributed by atoms with E-state index in [9.17, 15) is 0 Å². The molecule has 1 aliphatic rings. The molecule has 1 unspecified atom stereocenters. The summed E-state index contributed by atoms with van der Waals surface area (Å²) in [4.78, 5) is 9.87. The summed E-state index contributed by atoms with van der Waals surface area (Å²) < 4.78 is 5.21. The van der Waals surface area contributed by atoms with Gasteiger partial charge in [-0.3, -0.25) is 4.90 Å². The van der Waals surface area contributed by atoms with Gasteiger partial charge in [-0.15, -0.1) is 24.0 Å². The summed E-state index contributed by atoms with van der Waals surface area (Å²) in [6.45, 7) is 15.4. The van der Waals surface area contributed by atoms with Crippen LogP contribution in [0, 0.1) is 0 Å². The van der Waals surface area contributed by atoms with Crippen molar-refractivity contribution in [1.29, 1.82) is 0 Å². The molecular formula is C21H38IN5O. The molecule has 1 heterocycles. The third kappa shape index (κ3) is 8.63. The Morgan fingerprint density at radius 2 is 1.75 bits per heavy atom. The molecule has 0 spiro atoms. The summed E-state index contributed by atoms with van der Waals surface area (Å²) in [7, 11) is 1.72. The fraction of sp³-hybridized carbons (Fsp3) is 0.667. The number of piperazine rings is 1. The molecule has 1 fully saturated rings. The number of ether oxygens (including phenoxy) is 1. The molecular weight excluding hydrogens is 465 g/mol. The van der Waals surface area contributed by atoms with Crippen LogP contribution in [0.3, 0.4) is 0 Å². The normalized spacial score (nSPS) is 17.1. The van der Waals surface area contributed by atoms with Crippen molar-refractivity contribution in [2.75, 3.05) is 53.0 Å². The van der Waals surface area contributed by atoms with Crippen molar-refractivity contribution in [1.82, 2.24) is 20.4 Å². The predicted molar refractivity (Wildman–Crippen MR) is 129 cm³/mol. The number of halogens is 1. The predicted octanol–water partition coefficient (Wildman–Crippen LogP) is 2.53. The Labute approximate surface area is 188 Å². The number of likely N-dealkylation sites (N-methyl/N-ethyl adjacent to an activating group) is 1. The fourth-order valence-electron chi connectivity index (χ4n) is 3.38. The van der Waals surface area contributed by atoms with Gasteiger partial charge < -0.3 is 20.3 Å². The van der Waals surface area contributed by atoms with Gasteiger partial charge in [0.2, 0.25) is 0 Å². The monoisotopic (exact) mass is 503 g/mol. The number of nitrogens with one attached hydrogen (secondary N) is 2. The molecule has 6 nitrogen and oxygen atoms in total. The molecule has 0 amide bonds. The van der Waals surface area contributed by atoms with Crippen LogP contribution in [0.1, 0.15) is 31.9 Å². The van der Waals surface area contributed by atoms with Crippen LogP contribution < -0.4 is 10.6 Å². The Morgan fingerprint density at radius 1 is 1.11 bits per heavy atom. The molecule has 1 aromatic carbocycles. The van der Waals surface area contributed by atoms with Crippen molar-refractivity contribution in [3.05, 3.63) is 35.4 Å². The average molecular weight is 503 g/mol. The molecule has 28 heavy (non-hydrogen) atoms. The van der Waals surface area contributed by atoms with Crippen LogP contribution in [0.5, 0.6) is 0 Å². The zero-order chi connectivity index (χ0) is 19.5. The van der Waals surface area contributed by atoms with E-state index in [1.165, 1.54) is 24.2 Å². The number of methoxy groups -OCH3 is 1. The number of aliphatic imine (C=N–C) groups is 1. The maximum Gasteiger partial charge on any atom is 0.191 e. The molecule has 1 saturated heterocycles. The van der Waals surface area contributed by atoms with Crippen molar-refractivity contribution in [2.24, 2.45) is 4.99 Å². The van der Waals surface area contributed by atoms with Gasteiger partial charge in [-0.2, -0.15) is 0 Å². The molecule has 0 saturated carbocycles. The Bertz CT molecular complexity index is 576. The van der Waals surface area contributed by atoms with E-state index >= 15 is 0 Å². The minimum Gasteiger partial charge on any atom is -0.383 e. The van der Waals surface area contributed by atoms with Gasteiger partial charge in [0.05, 0.1) is 13.2 Å². The second kappa shape index (κ2) is 14.1. The zero-order valence-corrected chi connectivity index (χ0v) is 20.2. The second-order valence-corrected chi connectivity index (χ2v) is 7.18. The third-order valence-corrected chi connectivity index (χ3v) is 4.98. The molecule has 0 radical (unpaired) electrons. The summed E-state index contributed by atoms with van der Waals surface area (Å²) in [5, 5.41) is 6.72. The fourth-order valence-corrected chi connectivity index (χ4v) is 3.38. The van der Waals surface area contributed by atoms with Crippen molar-refractivity contribution in [2.45, 2.75) is 39.9 Å². The number of hydrogen-bond acceptors (Lipinski definition) is 4. The maximum absolute atomic E-state index is 5.21. The molecule has 7 heteroatoms. The quantitative estimate of drug-likeness (QED) is 0.308. The largest absolute Gasteiger partial charge is 0.383 e. The molecule has 0 aliphatic carbocycles. The first-order valence-corrected chi connectivity index (χ1v) is 10.2. The zero-order valence-electron chi connectivity index (χ0n) is 17.9. The van der Waals surface area contributed by atoms with Crippen molar-refractivity contribution < 1.29 is 4.74 Å². The maximum atomic E-state index is 5.21. The molecule has 2 N–H and O–H groups in total. The minimum absolute atomic E-state index is 0. The van der Waals surface area contributed by atoms with Crippen LogP contribution in [-0.4, -0.2) is 74.8 Å². The van der Waals surface area contributed by atoms with Crippen LogP contribution in [0.4, 0.5) is 0 Å². The van der Waals surface area contributed by atoms with Gasteiger partial charge in [0.1, 0.15) is 0 Å². The minimum atomic E-state index is 0. The number of guanidine groups is 1. The van der Waals surface area contributed by atoms with Crippen LogP contribution in [0.2, 0.25) is 0 Å². The van der Waals surface area contributed by atoms with Crippen LogP contribution in [0.15, 0.2) is 29.3 Å². The smallest absolute Gasteiger partial charge is 0.191 e. The highest BCUT2D eigenvalue weighted by Crippen LogP contribution is 2.14. The molecule has 1 atom stereocenters. The molecule has 1 aliphatic heterocycles. The molecule has 160 valence electrons. The number of rotatable bonds is 9. The number of nitrogens with zero attached hydrogens (tertiary/aromatic N) is 3. The number of benzene rings is 1. The topological polar surface area (TPSA) is 52.1 Å². The van der Waals surface area contributed by atoms with E-state index in [4.69, 9.17) is 9.73 Å². The first-order valence-electron chi connectivity index (χ1n) is 10.2. The lowest BCUT2D eigenvalue weighted by atomic mass is 10.1. The highest BCUT2D eigenvalue weighted by atomic mass is 127. The summed E-state index contributed by atoms with van der Waals surface area (Å²) in [5.74, 6) is 0.841. The summed E-state index contributed by atoms with van der Waals surface area (Å²) in [5.41, 5.74) is 2.68. The van der Waals surface area contributed by atoms with Gasteiger partial charge in [0.15, 0.2) is 5.96 Å². The van der Waals surface area contributed by atoms with E-state index in [0.29, 0.717) is 13.2 Å². The van der Waals surface area contributed by atoms with Crippen molar-refractivity contribution in [3.8, 4) is 0 Å². The lowest BCUT2D eigenvalue weighted by Crippen LogP contribution is -2.45. The van der Waals surface area contributed by atoms with Crippen molar-refractivity contribution in [3.63, 3.8) is 0 Å². The lowest BCUT2D eigenvalue weighted by molar-refractivity contribution is 0.131.